The molecule has 0 saturated heterocycles. The fourth-order valence-corrected chi connectivity index (χ4v) is 2.63. The van der Waals surface area contributed by atoms with Gasteiger partial charge in [-0.05, 0) is 18.2 Å². The van der Waals surface area contributed by atoms with Gasteiger partial charge in [0.05, 0.1) is 40.7 Å². The molecule has 1 aromatic carbocycles. The lowest BCUT2D eigenvalue weighted by Crippen LogP contribution is -2.08. The Hall–Kier alpha value is -1.69. The van der Waals surface area contributed by atoms with Crippen LogP contribution in [0.1, 0.15) is 10.5 Å². The van der Waals surface area contributed by atoms with Gasteiger partial charge < -0.3 is 15.2 Å². The summed E-state index contributed by atoms with van der Waals surface area (Å²) in [5, 5.41) is 0.624. The van der Waals surface area contributed by atoms with Gasteiger partial charge in [-0.25, -0.2) is 9.78 Å². The SMILES string of the molecule is COC(=O)c1nc(-c2ccc(Cl)c(OC)c2Cl)cc(N)c1Cl. The fourth-order valence-electron chi connectivity index (χ4n) is 1.84. The minimum Gasteiger partial charge on any atom is -0.494 e. The van der Waals surface area contributed by atoms with Crippen LogP contribution in [-0.4, -0.2) is 25.2 Å². The summed E-state index contributed by atoms with van der Waals surface area (Å²) in [7, 11) is 2.67. The van der Waals surface area contributed by atoms with Crippen LogP contribution in [0.15, 0.2) is 18.2 Å². The summed E-state index contributed by atoms with van der Waals surface area (Å²) in [6, 6.07) is 4.75. The van der Waals surface area contributed by atoms with E-state index < -0.39 is 5.97 Å². The molecule has 0 aliphatic heterocycles. The summed E-state index contributed by atoms with van der Waals surface area (Å²) < 4.78 is 9.79. The van der Waals surface area contributed by atoms with Crippen molar-refractivity contribution in [3.63, 3.8) is 0 Å². The first-order valence-electron chi connectivity index (χ1n) is 5.97. The molecule has 5 nitrogen and oxygen atoms in total. The number of ether oxygens (including phenoxy) is 2. The lowest BCUT2D eigenvalue weighted by atomic mass is 10.1. The molecule has 2 aromatic rings. The maximum absolute atomic E-state index is 11.7. The summed E-state index contributed by atoms with van der Waals surface area (Å²) in [4.78, 5) is 15.9. The average molecular weight is 362 g/mol. The summed E-state index contributed by atoms with van der Waals surface area (Å²) in [5.41, 5.74) is 6.75. The summed E-state index contributed by atoms with van der Waals surface area (Å²) >= 11 is 18.2. The van der Waals surface area contributed by atoms with Crippen LogP contribution in [0.25, 0.3) is 11.3 Å². The molecule has 0 aliphatic rings. The Kier molecular flexibility index (Phi) is 5.01. The zero-order valence-electron chi connectivity index (χ0n) is 11.6. The van der Waals surface area contributed by atoms with Crippen LogP contribution in [-0.2, 0) is 4.74 Å². The second-order valence-electron chi connectivity index (χ2n) is 4.19. The number of hydrogen-bond donors (Lipinski definition) is 1. The van der Waals surface area contributed by atoms with E-state index in [0.29, 0.717) is 22.0 Å². The van der Waals surface area contributed by atoms with Gasteiger partial charge in [0, 0.05) is 5.56 Å². The number of carbonyl (C=O) groups excluding carboxylic acids is 1. The Morgan fingerprint density at radius 3 is 2.45 bits per heavy atom. The third-order valence-corrected chi connectivity index (χ3v) is 3.96. The van der Waals surface area contributed by atoms with Gasteiger partial charge in [0.2, 0.25) is 0 Å². The zero-order valence-corrected chi connectivity index (χ0v) is 13.9. The summed E-state index contributed by atoms with van der Waals surface area (Å²) in [6.07, 6.45) is 0. The number of benzene rings is 1. The quantitative estimate of drug-likeness (QED) is 0.834. The number of pyridine rings is 1. The van der Waals surface area contributed by atoms with Gasteiger partial charge in [0.1, 0.15) is 0 Å². The number of hydrogen-bond acceptors (Lipinski definition) is 5. The first-order chi connectivity index (χ1) is 10.4. The molecule has 0 amide bonds. The predicted molar refractivity (Wildman–Crippen MR) is 87.0 cm³/mol. The normalized spacial score (nSPS) is 10.4. The second-order valence-corrected chi connectivity index (χ2v) is 5.36. The third-order valence-electron chi connectivity index (χ3n) is 2.89. The van der Waals surface area contributed by atoms with Crippen LogP contribution in [0.2, 0.25) is 15.1 Å². The standard InChI is InChI=1S/C14H11Cl3N2O3/c1-21-13-7(15)4-3-6(10(13)16)9-5-8(18)11(17)12(19-9)14(20)22-2/h3-5H,1-2H3,(H2,18,19). The van der Waals surface area contributed by atoms with E-state index in [-0.39, 0.29) is 21.4 Å². The van der Waals surface area contributed by atoms with Crippen molar-refractivity contribution in [2.24, 2.45) is 0 Å². The Morgan fingerprint density at radius 1 is 1.18 bits per heavy atom. The third kappa shape index (κ3) is 2.92. The Labute approximate surface area is 141 Å². The zero-order chi connectivity index (χ0) is 16.4. The lowest BCUT2D eigenvalue weighted by molar-refractivity contribution is 0.0594. The Morgan fingerprint density at radius 2 is 1.86 bits per heavy atom. The molecule has 22 heavy (non-hydrogen) atoms. The van der Waals surface area contributed by atoms with Crippen LogP contribution >= 0.6 is 34.8 Å². The Balaban J connectivity index is 2.69. The fraction of sp³-hybridized carbons (Fsp3) is 0.143. The van der Waals surface area contributed by atoms with Crippen molar-refractivity contribution in [3.8, 4) is 17.0 Å². The molecule has 0 radical (unpaired) electrons. The van der Waals surface area contributed by atoms with Crippen molar-refractivity contribution in [1.82, 2.24) is 4.98 Å². The van der Waals surface area contributed by atoms with Gasteiger partial charge >= 0.3 is 5.97 Å². The molecule has 8 heteroatoms. The molecule has 0 aliphatic carbocycles. The number of carbonyl (C=O) groups is 1. The minimum absolute atomic E-state index is 0.0210. The average Bonchev–Trinajstić information content (AvgIpc) is 2.50. The molecule has 1 heterocycles. The highest BCUT2D eigenvalue weighted by Gasteiger charge is 2.20. The predicted octanol–water partition coefficient (Wildman–Crippen LogP) is 4.09. The van der Waals surface area contributed by atoms with Crippen LogP contribution in [0.4, 0.5) is 5.69 Å². The van der Waals surface area contributed by atoms with Gasteiger partial charge in [0.25, 0.3) is 0 Å². The Bertz CT molecular complexity index is 751. The molecule has 0 spiro atoms. The maximum atomic E-state index is 11.7. The van der Waals surface area contributed by atoms with Crippen molar-refractivity contribution < 1.29 is 14.3 Å². The lowest BCUT2D eigenvalue weighted by Gasteiger charge is -2.12. The highest BCUT2D eigenvalue weighted by molar-refractivity contribution is 6.39. The number of nitrogens with two attached hydrogens (primary N) is 1. The number of halogens is 3. The number of methoxy groups -OCH3 is 2. The first kappa shape index (κ1) is 16.7. The van der Waals surface area contributed by atoms with Crippen molar-refractivity contribution in [1.29, 1.82) is 0 Å². The molecular formula is C14H11Cl3N2O3. The van der Waals surface area contributed by atoms with Crippen LogP contribution in [0.5, 0.6) is 5.75 Å². The maximum Gasteiger partial charge on any atom is 0.358 e. The van der Waals surface area contributed by atoms with E-state index in [1.807, 2.05) is 0 Å². The van der Waals surface area contributed by atoms with Crippen molar-refractivity contribution in [2.45, 2.75) is 0 Å². The van der Waals surface area contributed by atoms with E-state index in [9.17, 15) is 4.79 Å². The van der Waals surface area contributed by atoms with Gasteiger partial charge in [0.15, 0.2) is 11.4 Å². The van der Waals surface area contributed by atoms with E-state index in [4.69, 9.17) is 45.3 Å². The van der Waals surface area contributed by atoms with Gasteiger partial charge in [-0.15, -0.1) is 0 Å². The van der Waals surface area contributed by atoms with Gasteiger partial charge in [-0.1, -0.05) is 34.8 Å². The number of nitrogen functional groups attached to an aromatic ring is 1. The number of esters is 1. The number of rotatable bonds is 3. The second kappa shape index (κ2) is 6.60. The highest BCUT2D eigenvalue weighted by atomic mass is 35.5. The molecule has 0 bridgehead atoms. The monoisotopic (exact) mass is 360 g/mol. The largest absolute Gasteiger partial charge is 0.494 e. The van der Waals surface area contributed by atoms with E-state index >= 15 is 0 Å². The van der Waals surface area contributed by atoms with E-state index in [0.717, 1.165) is 0 Å². The molecule has 0 atom stereocenters. The topological polar surface area (TPSA) is 74.4 Å². The molecule has 2 rings (SSSR count). The molecule has 2 N–H and O–H groups in total. The molecule has 1 aromatic heterocycles. The van der Waals surface area contributed by atoms with Crippen molar-refractivity contribution >= 4 is 46.5 Å². The smallest absolute Gasteiger partial charge is 0.358 e. The number of nitrogens with zero attached hydrogens (tertiary/aromatic N) is 1. The molecule has 116 valence electrons. The first-order valence-corrected chi connectivity index (χ1v) is 7.10. The van der Waals surface area contributed by atoms with Crippen molar-refractivity contribution in [2.75, 3.05) is 20.0 Å². The van der Waals surface area contributed by atoms with Crippen LogP contribution < -0.4 is 10.5 Å². The molecule has 0 saturated carbocycles. The number of aromatic nitrogens is 1. The highest BCUT2D eigenvalue weighted by Crippen LogP contribution is 2.40. The number of anilines is 1. The van der Waals surface area contributed by atoms with E-state index in [2.05, 4.69) is 9.72 Å². The van der Waals surface area contributed by atoms with E-state index in [1.165, 1.54) is 20.3 Å². The summed E-state index contributed by atoms with van der Waals surface area (Å²) in [5.74, 6) is -0.397. The molecule has 0 fully saturated rings. The van der Waals surface area contributed by atoms with Crippen molar-refractivity contribution in [3.05, 3.63) is 39.0 Å². The minimum atomic E-state index is -0.699. The van der Waals surface area contributed by atoms with Crippen LogP contribution in [0, 0.1) is 0 Å². The van der Waals surface area contributed by atoms with Crippen LogP contribution in [0.3, 0.4) is 0 Å². The van der Waals surface area contributed by atoms with Gasteiger partial charge in [-0.2, -0.15) is 0 Å². The molecular weight excluding hydrogens is 351 g/mol. The molecule has 0 unspecified atom stereocenters. The summed E-state index contributed by atoms with van der Waals surface area (Å²) in [6.45, 7) is 0. The van der Waals surface area contributed by atoms with Gasteiger partial charge in [-0.3, -0.25) is 0 Å². The van der Waals surface area contributed by atoms with E-state index in [1.54, 1.807) is 12.1 Å².